The summed E-state index contributed by atoms with van der Waals surface area (Å²) in [5.41, 5.74) is 5.32. The van der Waals surface area contributed by atoms with E-state index in [9.17, 15) is 13.6 Å². The van der Waals surface area contributed by atoms with Crippen LogP contribution in [-0.2, 0) is 17.8 Å². The molecule has 1 amide bonds. The van der Waals surface area contributed by atoms with Crippen molar-refractivity contribution in [3.05, 3.63) is 29.6 Å². The first kappa shape index (κ1) is 12.8. The summed E-state index contributed by atoms with van der Waals surface area (Å²) in [5.74, 6) is -1.46. The Morgan fingerprint density at radius 2 is 2.17 bits per heavy atom. The number of aromatic nitrogens is 2. The fraction of sp³-hybridized carbons (Fsp3) is 0.273. The number of amides is 1. The molecule has 0 aliphatic rings. The molecule has 0 atom stereocenters. The van der Waals surface area contributed by atoms with Gasteiger partial charge in [0.05, 0.1) is 5.52 Å². The van der Waals surface area contributed by atoms with Crippen molar-refractivity contribution in [1.29, 1.82) is 0 Å². The average molecular weight is 274 g/mol. The third-order valence-electron chi connectivity index (χ3n) is 2.48. The van der Waals surface area contributed by atoms with Crippen LogP contribution in [0.3, 0.4) is 0 Å². The zero-order valence-electron chi connectivity index (χ0n) is 9.29. The van der Waals surface area contributed by atoms with E-state index in [1.54, 1.807) is 0 Å². The van der Waals surface area contributed by atoms with E-state index in [-0.39, 0.29) is 23.5 Å². The van der Waals surface area contributed by atoms with Crippen molar-refractivity contribution >= 4 is 28.5 Å². The van der Waals surface area contributed by atoms with Gasteiger partial charge in [0.1, 0.15) is 23.7 Å². The van der Waals surface area contributed by atoms with Crippen molar-refractivity contribution in [2.75, 3.05) is 5.88 Å². The van der Waals surface area contributed by atoms with Gasteiger partial charge in [0.15, 0.2) is 5.82 Å². The number of hydrogen-bond donors (Lipinski definition) is 1. The maximum absolute atomic E-state index is 13.6. The van der Waals surface area contributed by atoms with Crippen molar-refractivity contribution in [3.63, 3.8) is 0 Å². The summed E-state index contributed by atoms with van der Waals surface area (Å²) in [5, 5.41) is 0. The largest absolute Gasteiger partial charge is 0.368 e. The molecule has 0 fully saturated rings. The molecule has 7 heteroatoms. The van der Waals surface area contributed by atoms with E-state index in [4.69, 9.17) is 17.3 Å². The van der Waals surface area contributed by atoms with E-state index in [0.29, 0.717) is 12.2 Å². The summed E-state index contributed by atoms with van der Waals surface area (Å²) in [6.45, 7) is -0.189. The van der Waals surface area contributed by atoms with Crippen LogP contribution in [0.2, 0.25) is 0 Å². The summed E-state index contributed by atoms with van der Waals surface area (Å²) in [7, 11) is 0. The number of fused-ring (bicyclic) bond motifs is 1. The molecule has 0 radical (unpaired) electrons. The van der Waals surface area contributed by atoms with Crippen molar-refractivity contribution in [1.82, 2.24) is 9.55 Å². The molecule has 0 bridgehead atoms. The molecule has 0 saturated heterocycles. The maximum atomic E-state index is 13.6. The van der Waals surface area contributed by atoms with Crippen LogP contribution in [0.25, 0.3) is 11.0 Å². The number of imidazole rings is 1. The van der Waals surface area contributed by atoms with Crippen LogP contribution in [0, 0.1) is 11.6 Å². The zero-order valence-corrected chi connectivity index (χ0v) is 10.0. The quantitative estimate of drug-likeness (QED) is 0.860. The number of carbonyl (C=O) groups is 1. The topological polar surface area (TPSA) is 60.9 Å². The Bertz CT molecular complexity index is 612. The number of nitrogens with zero attached hydrogens (tertiary/aromatic N) is 2. The number of halogens is 3. The monoisotopic (exact) mass is 273 g/mol. The summed E-state index contributed by atoms with van der Waals surface area (Å²) in [6, 6.07) is 1.86. The van der Waals surface area contributed by atoms with Gasteiger partial charge in [-0.1, -0.05) is 0 Å². The number of aryl methyl sites for hydroxylation is 1. The molecular formula is C11H10ClF2N3O. The van der Waals surface area contributed by atoms with Crippen LogP contribution < -0.4 is 5.73 Å². The van der Waals surface area contributed by atoms with Crippen LogP contribution in [0.15, 0.2) is 12.1 Å². The molecule has 0 saturated carbocycles. The number of alkyl halides is 1. The normalized spacial score (nSPS) is 11.1. The fourth-order valence-corrected chi connectivity index (χ4v) is 1.97. The van der Waals surface area contributed by atoms with E-state index in [1.165, 1.54) is 4.57 Å². The molecule has 1 aromatic heterocycles. The van der Waals surface area contributed by atoms with Crippen LogP contribution in [0.4, 0.5) is 8.78 Å². The molecule has 2 rings (SSSR count). The average Bonchev–Trinajstić information content (AvgIpc) is 2.58. The second kappa shape index (κ2) is 4.89. The van der Waals surface area contributed by atoms with Gasteiger partial charge in [-0.15, -0.1) is 11.6 Å². The number of nitrogens with two attached hydrogens (primary N) is 1. The van der Waals surface area contributed by atoms with Crippen LogP contribution in [0.5, 0.6) is 0 Å². The minimum Gasteiger partial charge on any atom is -0.368 e. The Hall–Kier alpha value is -1.69. The lowest BCUT2D eigenvalue weighted by molar-refractivity contribution is -0.118. The standard InChI is InChI=1S/C11H10ClF2N3O/c12-2-1-10-16-11-7(14)3-6(13)4-8(11)17(10)5-9(15)18/h3-4H,1-2,5H2,(H2,15,18). The first-order valence-electron chi connectivity index (χ1n) is 5.21. The van der Waals surface area contributed by atoms with Crippen molar-refractivity contribution in [3.8, 4) is 0 Å². The van der Waals surface area contributed by atoms with E-state index in [1.807, 2.05) is 0 Å². The first-order chi connectivity index (χ1) is 8.52. The van der Waals surface area contributed by atoms with Gasteiger partial charge in [-0.25, -0.2) is 13.8 Å². The molecule has 1 heterocycles. The molecular weight excluding hydrogens is 264 g/mol. The molecule has 4 nitrogen and oxygen atoms in total. The van der Waals surface area contributed by atoms with Gasteiger partial charge in [0.25, 0.3) is 0 Å². The molecule has 2 N–H and O–H groups in total. The molecule has 2 aromatic rings. The molecule has 18 heavy (non-hydrogen) atoms. The lowest BCUT2D eigenvalue weighted by Gasteiger charge is -2.05. The molecule has 1 aromatic carbocycles. The van der Waals surface area contributed by atoms with E-state index in [0.717, 1.165) is 12.1 Å². The summed E-state index contributed by atoms with van der Waals surface area (Å²) < 4.78 is 28.1. The zero-order chi connectivity index (χ0) is 13.3. The van der Waals surface area contributed by atoms with Gasteiger partial charge in [-0.3, -0.25) is 4.79 Å². The van der Waals surface area contributed by atoms with E-state index in [2.05, 4.69) is 4.98 Å². The molecule has 0 aliphatic carbocycles. The highest BCUT2D eigenvalue weighted by Crippen LogP contribution is 2.21. The van der Waals surface area contributed by atoms with Gasteiger partial charge < -0.3 is 10.3 Å². The van der Waals surface area contributed by atoms with Crippen molar-refractivity contribution in [2.24, 2.45) is 5.73 Å². The molecule has 0 unspecified atom stereocenters. The summed E-state index contributed by atoms with van der Waals surface area (Å²) in [4.78, 5) is 15.0. The van der Waals surface area contributed by atoms with Crippen LogP contribution in [-0.4, -0.2) is 21.3 Å². The van der Waals surface area contributed by atoms with E-state index < -0.39 is 17.5 Å². The maximum Gasteiger partial charge on any atom is 0.237 e. The smallest absolute Gasteiger partial charge is 0.237 e. The number of carbonyl (C=O) groups excluding carboxylic acids is 1. The summed E-state index contributed by atoms with van der Waals surface area (Å²) >= 11 is 5.61. The Labute approximate surface area is 106 Å². The fourth-order valence-electron chi connectivity index (χ4n) is 1.80. The molecule has 0 aliphatic heterocycles. The van der Waals surface area contributed by atoms with Gasteiger partial charge in [0, 0.05) is 18.4 Å². The summed E-state index contributed by atoms with van der Waals surface area (Å²) in [6.07, 6.45) is 0.338. The Morgan fingerprint density at radius 3 is 2.78 bits per heavy atom. The number of primary amides is 1. The van der Waals surface area contributed by atoms with Crippen molar-refractivity contribution < 1.29 is 13.6 Å². The lowest BCUT2D eigenvalue weighted by Crippen LogP contribution is -2.20. The molecule has 0 spiro atoms. The molecule has 96 valence electrons. The highest BCUT2D eigenvalue weighted by atomic mass is 35.5. The Morgan fingerprint density at radius 1 is 1.44 bits per heavy atom. The predicted octanol–water partition coefficient (Wildman–Crippen LogP) is 1.58. The van der Waals surface area contributed by atoms with Gasteiger partial charge in [-0.2, -0.15) is 0 Å². The first-order valence-corrected chi connectivity index (χ1v) is 5.75. The van der Waals surface area contributed by atoms with Crippen LogP contribution >= 0.6 is 11.6 Å². The van der Waals surface area contributed by atoms with E-state index >= 15 is 0 Å². The Balaban J connectivity index is 2.68. The number of rotatable bonds is 4. The lowest BCUT2D eigenvalue weighted by atomic mass is 10.3. The minimum atomic E-state index is -0.774. The SMILES string of the molecule is NC(=O)Cn1c(CCCl)nc2c(F)cc(F)cc21. The van der Waals surface area contributed by atoms with Crippen molar-refractivity contribution in [2.45, 2.75) is 13.0 Å². The second-order valence-corrected chi connectivity index (χ2v) is 4.15. The number of benzene rings is 1. The minimum absolute atomic E-state index is 0.0118. The Kier molecular flexibility index (Phi) is 3.47. The predicted molar refractivity (Wildman–Crippen MR) is 63.3 cm³/mol. The van der Waals surface area contributed by atoms with Gasteiger partial charge in [0.2, 0.25) is 5.91 Å². The van der Waals surface area contributed by atoms with Crippen LogP contribution in [0.1, 0.15) is 5.82 Å². The number of hydrogen-bond acceptors (Lipinski definition) is 2. The van der Waals surface area contributed by atoms with Gasteiger partial charge in [-0.05, 0) is 6.07 Å². The highest BCUT2D eigenvalue weighted by molar-refractivity contribution is 6.17. The highest BCUT2D eigenvalue weighted by Gasteiger charge is 2.16. The van der Waals surface area contributed by atoms with Gasteiger partial charge >= 0.3 is 0 Å². The third-order valence-corrected chi connectivity index (χ3v) is 2.67. The third kappa shape index (κ3) is 2.28. The second-order valence-electron chi connectivity index (χ2n) is 3.77.